The van der Waals surface area contributed by atoms with E-state index < -0.39 is 55.6 Å². The van der Waals surface area contributed by atoms with Gasteiger partial charge in [-0.2, -0.15) is 0 Å². The Kier molecular flexibility index (Phi) is 14.2. The van der Waals surface area contributed by atoms with Crippen LogP contribution in [0.4, 0.5) is 0 Å². The van der Waals surface area contributed by atoms with Gasteiger partial charge in [0.2, 0.25) is 0 Å². The first-order valence-corrected chi connectivity index (χ1v) is 29.3. The zero-order valence-corrected chi connectivity index (χ0v) is 47.0. The summed E-state index contributed by atoms with van der Waals surface area (Å²) in [4.78, 5) is 48.5. The maximum Gasteiger partial charge on any atom is 0.312 e. The van der Waals surface area contributed by atoms with E-state index in [0.717, 1.165) is 103 Å². The van der Waals surface area contributed by atoms with Crippen molar-refractivity contribution in [2.24, 2.45) is 58.2 Å². The van der Waals surface area contributed by atoms with Crippen LogP contribution in [0.1, 0.15) is 236 Å². The molecular formula is C60H96O14. The Morgan fingerprint density at radius 3 is 0.905 bits per heavy atom. The Hall–Kier alpha value is -2.36. The third-order valence-corrected chi connectivity index (χ3v) is 20.9. The predicted octanol–water partition coefficient (Wildman–Crippen LogP) is 8.87. The first-order valence-electron chi connectivity index (χ1n) is 29.3. The quantitative estimate of drug-likeness (QED) is 0.0888. The molecule has 0 aromatic carbocycles. The highest BCUT2D eigenvalue weighted by Crippen LogP contribution is 2.64. The van der Waals surface area contributed by atoms with E-state index in [1.54, 1.807) is 0 Å². The van der Waals surface area contributed by atoms with Crippen LogP contribution in [-0.4, -0.2) is 111 Å². The van der Waals surface area contributed by atoms with E-state index in [4.69, 9.17) is 18.9 Å². The summed E-state index contributed by atoms with van der Waals surface area (Å²) < 4.78 is 23.3. The molecule has 420 valence electrons. The molecule has 0 heterocycles. The zero-order chi connectivity index (χ0) is 54.1. The molecule has 0 saturated heterocycles. The molecule has 0 amide bonds. The fourth-order valence-corrected chi connectivity index (χ4v) is 18.8. The number of carbonyl (C=O) groups is 4. The van der Waals surface area contributed by atoms with E-state index >= 15 is 0 Å². The number of hydrogen-bond donors (Lipinski definition) is 6. The highest BCUT2D eigenvalue weighted by Gasteiger charge is 2.67. The van der Waals surface area contributed by atoms with Gasteiger partial charge < -0.3 is 49.6 Å². The van der Waals surface area contributed by atoms with Crippen LogP contribution in [0.3, 0.4) is 0 Å². The molecule has 16 aliphatic carbocycles. The minimum Gasteiger partial charge on any atom is -0.459 e. The van der Waals surface area contributed by atoms with Crippen molar-refractivity contribution in [2.75, 3.05) is 0 Å². The van der Waals surface area contributed by atoms with Crippen LogP contribution in [0.5, 0.6) is 0 Å². The Bertz CT molecular complexity index is 2110. The lowest BCUT2D eigenvalue weighted by atomic mass is 9.50. The summed E-state index contributed by atoms with van der Waals surface area (Å²) in [6.07, 6.45) is 20.3. The van der Waals surface area contributed by atoms with Gasteiger partial charge in [-0.15, -0.1) is 0 Å². The lowest BCUT2D eigenvalue weighted by Crippen LogP contribution is -2.67. The van der Waals surface area contributed by atoms with Crippen LogP contribution in [0.15, 0.2) is 0 Å². The molecule has 0 aromatic rings. The second-order valence-electron chi connectivity index (χ2n) is 30.4. The Labute approximate surface area is 441 Å². The molecule has 8 atom stereocenters. The van der Waals surface area contributed by atoms with Crippen molar-refractivity contribution < 1.29 is 68.8 Å². The summed E-state index contributed by atoms with van der Waals surface area (Å²) in [6, 6.07) is 0. The van der Waals surface area contributed by atoms with Crippen LogP contribution in [0.2, 0.25) is 0 Å². The fraction of sp³-hybridized carbons (Fsp3) is 0.933. The Balaban J connectivity index is 0.000000121. The molecule has 0 radical (unpaired) electrons. The SMILES string of the molecule is CC(C)C(=O)OC12CC3CC(CC(O)(C3)C1)C2.CC(C)C(=O)OC12CC3CC(O)(CC(O)(C3)C1)C2.CCC(C)(C)C(=O)OC12CC3CC(CC(O)(C3)C1)C2.CCC(C)(C)C(=O)OC12CC3CC(O)(CC(O)(C3)C1)C2. The molecule has 16 rings (SSSR count). The monoisotopic (exact) mass is 1040 g/mol. The zero-order valence-electron chi connectivity index (χ0n) is 47.0. The van der Waals surface area contributed by atoms with Gasteiger partial charge in [-0.05, 0) is 179 Å². The van der Waals surface area contributed by atoms with E-state index in [0.29, 0.717) is 75.0 Å². The van der Waals surface area contributed by atoms with Gasteiger partial charge in [0.25, 0.3) is 0 Å². The Morgan fingerprint density at radius 1 is 0.378 bits per heavy atom. The van der Waals surface area contributed by atoms with E-state index in [1.807, 2.05) is 69.2 Å². The van der Waals surface area contributed by atoms with Crippen molar-refractivity contribution in [3.63, 3.8) is 0 Å². The number of aliphatic hydroxyl groups is 6. The first-order chi connectivity index (χ1) is 34.0. The lowest BCUT2D eigenvalue weighted by Gasteiger charge is -2.62. The van der Waals surface area contributed by atoms with Gasteiger partial charge in [-0.25, -0.2) is 0 Å². The normalized spacial score (nSPS) is 47.0. The van der Waals surface area contributed by atoms with E-state index in [2.05, 4.69) is 0 Å². The van der Waals surface area contributed by atoms with Crippen LogP contribution in [0.25, 0.3) is 0 Å². The molecule has 14 nitrogen and oxygen atoms in total. The minimum atomic E-state index is -0.842. The van der Waals surface area contributed by atoms with Crippen LogP contribution < -0.4 is 0 Å². The maximum absolute atomic E-state index is 12.4. The molecule has 16 fully saturated rings. The average Bonchev–Trinajstić information content (AvgIpc) is 3.19. The largest absolute Gasteiger partial charge is 0.459 e. The highest BCUT2D eigenvalue weighted by atomic mass is 16.6. The summed E-state index contributed by atoms with van der Waals surface area (Å²) in [7, 11) is 0. The van der Waals surface area contributed by atoms with Crippen molar-refractivity contribution >= 4 is 23.9 Å². The fourth-order valence-electron chi connectivity index (χ4n) is 18.8. The third kappa shape index (κ3) is 11.4. The van der Waals surface area contributed by atoms with Gasteiger partial charge in [0, 0.05) is 51.4 Å². The molecule has 14 heteroatoms. The van der Waals surface area contributed by atoms with Crippen molar-refractivity contribution in [1.82, 2.24) is 0 Å². The summed E-state index contributed by atoms with van der Waals surface area (Å²) in [5.41, 5.74) is -7.31. The van der Waals surface area contributed by atoms with Gasteiger partial charge in [0.15, 0.2) is 0 Å². The second kappa shape index (κ2) is 18.6. The number of rotatable bonds is 10. The molecule has 16 saturated carbocycles. The van der Waals surface area contributed by atoms with Gasteiger partial charge in [0.1, 0.15) is 22.4 Å². The summed E-state index contributed by atoms with van der Waals surface area (Å²) in [5.74, 6) is 1.99. The first kappa shape index (κ1) is 56.4. The molecule has 0 spiro atoms. The number of ether oxygens (including phenoxy) is 4. The summed E-state index contributed by atoms with van der Waals surface area (Å²) >= 11 is 0. The summed E-state index contributed by atoms with van der Waals surface area (Å²) in [5, 5.41) is 63.6. The van der Waals surface area contributed by atoms with Gasteiger partial charge in [-0.1, -0.05) is 41.5 Å². The average molecular weight is 1040 g/mol. The molecule has 16 aliphatic rings. The predicted molar refractivity (Wildman–Crippen MR) is 275 cm³/mol. The summed E-state index contributed by atoms with van der Waals surface area (Å²) in [6.45, 7) is 19.0. The van der Waals surface area contributed by atoms with Gasteiger partial charge in [-0.3, -0.25) is 19.2 Å². The van der Waals surface area contributed by atoms with Crippen molar-refractivity contribution in [3.05, 3.63) is 0 Å². The smallest absolute Gasteiger partial charge is 0.312 e. The van der Waals surface area contributed by atoms with Gasteiger partial charge >= 0.3 is 23.9 Å². The molecule has 16 bridgehead atoms. The lowest BCUT2D eigenvalue weighted by molar-refractivity contribution is -0.265. The van der Waals surface area contributed by atoms with Crippen molar-refractivity contribution in [1.29, 1.82) is 0 Å². The molecule has 6 N–H and O–H groups in total. The number of esters is 4. The number of hydrogen-bond acceptors (Lipinski definition) is 14. The molecule has 74 heavy (non-hydrogen) atoms. The topological polar surface area (TPSA) is 227 Å². The molecular weight excluding hydrogens is 945 g/mol. The second-order valence-corrected chi connectivity index (χ2v) is 30.4. The number of carbonyl (C=O) groups excluding carboxylic acids is 4. The molecule has 0 aliphatic heterocycles. The standard InChI is InChI=1S/C16H26O4.C16H26O3.C14H22O4.C14H22O3/c1-4-13(2,3)12(17)20-16-7-11-5-14(18,9-16)8-15(19,6-11)10-16;1-4-14(2,3)13(17)19-16-8-11-5-12(9-16)7-15(18,6-11)10-16;1-9(2)11(15)18-14-5-10-3-12(16,7-14)6-13(17,4-10)8-14;1-9(2)12(15)17-14-6-10-3-11(7-14)5-13(16,4-10)8-14/h11,18-19H,4-10H2,1-3H3;11-12,18H,4-10H2,1-3H3;9-10,16-17H,3-8H2,1-2H3;9-11,16H,3-8H2,1-2H3. The van der Waals surface area contributed by atoms with E-state index in [1.165, 1.54) is 12.8 Å². The molecule has 8 unspecified atom stereocenters. The van der Waals surface area contributed by atoms with Crippen LogP contribution >= 0.6 is 0 Å². The maximum atomic E-state index is 12.4. The highest BCUT2D eigenvalue weighted by molar-refractivity contribution is 5.77. The van der Waals surface area contributed by atoms with Crippen molar-refractivity contribution in [2.45, 2.75) is 292 Å². The third-order valence-electron chi connectivity index (χ3n) is 20.9. The van der Waals surface area contributed by atoms with Crippen LogP contribution in [-0.2, 0) is 38.1 Å². The van der Waals surface area contributed by atoms with Gasteiger partial charge in [0.05, 0.1) is 56.3 Å². The Morgan fingerprint density at radius 2 is 0.622 bits per heavy atom. The minimum absolute atomic E-state index is 0.0716. The van der Waals surface area contributed by atoms with Crippen molar-refractivity contribution in [3.8, 4) is 0 Å². The molecule has 0 aromatic heterocycles. The van der Waals surface area contributed by atoms with Crippen LogP contribution in [0, 0.1) is 58.2 Å². The van der Waals surface area contributed by atoms with E-state index in [-0.39, 0.29) is 58.8 Å². The van der Waals surface area contributed by atoms with E-state index in [9.17, 15) is 49.8 Å².